The fourth-order valence-electron chi connectivity index (χ4n) is 3.12. The van der Waals surface area contributed by atoms with Gasteiger partial charge in [-0.1, -0.05) is 6.07 Å². The van der Waals surface area contributed by atoms with Crippen molar-refractivity contribution in [3.63, 3.8) is 0 Å². The van der Waals surface area contributed by atoms with E-state index in [9.17, 15) is 0 Å². The molecule has 1 fully saturated rings. The second-order valence-corrected chi connectivity index (χ2v) is 6.00. The minimum Gasteiger partial charge on any atom is -0.369 e. The summed E-state index contributed by atoms with van der Waals surface area (Å²) in [7, 11) is 0. The summed E-state index contributed by atoms with van der Waals surface area (Å²) < 4.78 is 2.11. The number of hydrogen-bond acceptors (Lipinski definition) is 4. The fraction of sp³-hybridized carbons (Fsp3) is 0.278. The summed E-state index contributed by atoms with van der Waals surface area (Å²) in [6, 6.07) is 14.1. The monoisotopic (exact) mass is 335 g/mol. The Morgan fingerprint density at radius 2 is 2.20 bits per heavy atom. The van der Waals surface area contributed by atoms with E-state index in [1.54, 1.807) is 6.21 Å². The van der Waals surface area contributed by atoms with Crippen LogP contribution in [0.15, 0.2) is 52.8 Å². The van der Waals surface area contributed by atoms with Gasteiger partial charge in [-0.15, -0.1) is 5.10 Å². The van der Waals surface area contributed by atoms with Crippen LogP contribution in [0.4, 0.5) is 0 Å². The van der Waals surface area contributed by atoms with Crippen LogP contribution in [-0.4, -0.2) is 34.2 Å². The zero-order valence-electron chi connectivity index (χ0n) is 13.9. The zero-order valence-corrected chi connectivity index (χ0v) is 13.9. The van der Waals surface area contributed by atoms with Crippen molar-refractivity contribution >= 4 is 12.2 Å². The molecule has 1 atom stereocenters. The van der Waals surface area contributed by atoms with Crippen molar-refractivity contribution in [2.45, 2.75) is 25.4 Å². The Morgan fingerprint density at radius 3 is 3.00 bits per heavy atom. The summed E-state index contributed by atoms with van der Waals surface area (Å²) in [5.74, 6) is -0.0351. The van der Waals surface area contributed by atoms with Crippen LogP contribution in [0.25, 0.3) is 5.69 Å². The summed E-state index contributed by atoms with van der Waals surface area (Å²) in [4.78, 5) is 2.35. The molecule has 1 aliphatic heterocycles. The fourth-order valence-corrected chi connectivity index (χ4v) is 3.12. The van der Waals surface area contributed by atoms with Crippen LogP contribution in [0.2, 0.25) is 0 Å². The normalized spacial score (nSPS) is 17.6. The van der Waals surface area contributed by atoms with Crippen LogP contribution in [0.5, 0.6) is 0 Å². The Balaban J connectivity index is 1.77. The van der Waals surface area contributed by atoms with Gasteiger partial charge in [0.15, 0.2) is 0 Å². The van der Waals surface area contributed by atoms with Gasteiger partial charge in [-0.05, 0) is 49.7 Å². The Bertz CT molecular complexity index is 824. The first-order valence-electron chi connectivity index (χ1n) is 8.20. The quantitative estimate of drug-likeness (QED) is 0.491. The third-order valence-electron chi connectivity index (χ3n) is 4.28. The molecule has 0 aliphatic carbocycles. The van der Waals surface area contributed by atoms with Gasteiger partial charge < -0.3 is 16.0 Å². The van der Waals surface area contributed by atoms with Crippen molar-refractivity contribution < 1.29 is 0 Å². The molecule has 4 N–H and O–H groups in total. The van der Waals surface area contributed by atoms with Crippen molar-refractivity contribution in [2.24, 2.45) is 21.7 Å². The van der Waals surface area contributed by atoms with E-state index in [-0.39, 0.29) is 12.0 Å². The maximum atomic E-state index is 9.10. The molecule has 0 saturated carbocycles. The molecule has 25 heavy (non-hydrogen) atoms. The summed E-state index contributed by atoms with van der Waals surface area (Å²) in [5.41, 5.74) is 13.4. The van der Waals surface area contributed by atoms with Gasteiger partial charge in [0.1, 0.15) is 0 Å². The molecule has 2 aromatic rings. The minimum atomic E-state index is -0.0351. The standard InChI is InChI=1S/C18H21N7/c19-11-14-4-1-5-15(10-14)25-9-3-7-17(25)13-24-8-2-6-16(24)12-22-23-18(20)21/h1,3-5,7,9-10,12,16H,2,6,8,13H2,(H4,20,21,23)/b22-12+. The second kappa shape index (κ2) is 7.64. The van der Waals surface area contributed by atoms with Crippen molar-refractivity contribution in [1.82, 2.24) is 9.47 Å². The van der Waals surface area contributed by atoms with Gasteiger partial charge >= 0.3 is 0 Å². The average Bonchev–Trinajstić information content (AvgIpc) is 3.25. The van der Waals surface area contributed by atoms with Crippen LogP contribution in [0, 0.1) is 11.3 Å². The highest BCUT2D eigenvalue weighted by molar-refractivity contribution is 5.76. The zero-order chi connectivity index (χ0) is 17.6. The number of nitrogens with zero attached hydrogens (tertiary/aromatic N) is 5. The summed E-state index contributed by atoms with van der Waals surface area (Å²) in [6.45, 7) is 1.80. The second-order valence-electron chi connectivity index (χ2n) is 6.00. The lowest BCUT2D eigenvalue weighted by Gasteiger charge is -2.22. The molecule has 2 heterocycles. The molecule has 128 valence electrons. The highest BCUT2D eigenvalue weighted by Gasteiger charge is 2.24. The Morgan fingerprint density at radius 1 is 1.32 bits per heavy atom. The van der Waals surface area contributed by atoms with E-state index in [2.05, 4.69) is 31.8 Å². The number of rotatable bonds is 5. The van der Waals surface area contributed by atoms with Gasteiger partial charge in [0.05, 0.1) is 11.6 Å². The number of hydrogen-bond donors (Lipinski definition) is 2. The van der Waals surface area contributed by atoms with Gasteiger partial charge in [0, 0.05) is 36.4 Å². The highest BCUT2D eigenvalue weighted by atomic mass is 15.3. The first-order valence-corrected chi connectivity index (χ1v) is 8.20. The number of guanidine groups is 1. The van der Waals surface area contributed by atoms with Gasteiger partial charge in [-0.2, -0.15) is 10.4 Å². The predicted octanol–water partition coefficient (Wildman–Crippen LogP) is 1.57. The molecule has 1 saturated heterocycles. The van der Waals surface area contributed by atoms with E-state index >= 15 is 0 Å². The summed E-state index contributed by atoms with van der Waals surface area (Å²) in [5, 5.41) is 16.8. The smallest absolute Gasteiger partial charge is 0.211 e. The SMILES string of the molecule is N#Cc1cccc(-n2cccc2CN2CCCC2/C=N/N=C(N)N)c1. The maximum absolute atomic E-state index is 9.10. The summed E-state index contributed by atoms with van der Waals surface area (Å²) in [6.07, 6.45) is 5.97. The average molecular weight is 335 g/mol. The number of likely N-dealkylation sites (tertiary alicyclic amines) is 1. The molecule has 0 amide bonds. The van der Waals surface area contributed by atoms with E-state index in [0.717, 1.165) is 37.3 Å². The Labute approximate surface area is 146 Å². The Hall–Kier alpha value is -3.11. The van der Waals surface area contributed by atoms with E-state index in [1.807, 2.05) is 36.5 Å². The topological polar surface area (TPSA) is 109 Å². The van der Waals surface area contributed by atoms with Gasteiger partial charge in [-0.3, -0.25) is 4.90 Å². The van der Waals surface area contributed by atoms with Crippen molar-refractivity contribution in [3.8, 4) is 11.8 Å². The third kappa shape index (κ3) is 4.05. The maximum Gasteiger partial charge on any atom is 0.211 e. The first kappa shape index (κ1) is 16.7. The van der Waals surface area contributed by atoms with E-state index < -0.39 is 0 Å². The van der Waals surface area contributed by atoms with Crippen molar-refractivity contribution in [2.75, 3.05) is 6.54 Å². The molecule has 1 unspecified atom stereocenters. The lowest BCUT2D eigenvalue weighted by molar-refractivity contribution is 0.292. The van der Waals surface area contributed by atoms with E-state index in [0.29, 0.717) is 5.56 Å². The van der Waals surface area contributed by atoms with Crippen LogP contribution in [0.1, 0.15) is 24.1 Å². The number of benzene rings is 1. The lowest BCUT2D eigenvalue weighted by atomic mass is 10.2. The van der Waals surface area contributed by atoms with Gasteiger partial charge in [0.25, 0.3) is 0 Å². The van der Waals surface area contributed by atoms with E-state index in [4.69, 9.17) is 16.7 Å². The predicted molar refractivity (Wildman–Crippen MR) is 98.2 cm³/mol. The number of aromatic nitrogens is 1. The first-order chi connectivity index (χ1) is 12.2. The summed E-state index contributed by atoms with van der Waals surface area (Å²) >= 11 is 0. The van der Waals surface area contributed by atoms with Crippen LogP contribution in [0.3, 0.4) is 0 Å². The van der Waals surface area contributed by atoms with Crippen molar-refractivity contribution in [3.05, 3.63) is 53.9 Å². The lowest BCUT2D eigenvalue weighted by Crippen LogP contribution is -2.31. The molecule has 1 aromatic carbocycles. The molecule has 0 radical (unpaired) electrons. The molecule has 0 bridgehead atoms. The molecular weight excluding hydrogens is 314 g/mol. The largest absolute Gasteiger partial charge is 0.369 e. The van der Waals surface area contributed by atoms with Gasteiger partial charge in [-0.25, -0.2) is 0 Å². The van der Waals surface area contributed by atoms with Crippen LogP contribution >= 0.6 is 0 Å². The van der Waals surface area contributed by atoms with Gasteiger partial charge in [0.2, 0.25) is 5.96 Å². The molecular formula is C18H21N7. The molecule has 1 aromatic heterocycles. The molecule has 1 aliphatic rings. The van der Waals surface area contributed by atoms with Crippen molar-refractivity contribution in [1.29, 1.82) is 5.26 Å². The molecule has 7 heteroatoms. The molecule has 3 rings (SSSR count). The van der Waals surface area contributed by atoms with Crippen LogP contribution in [-0.2, 0) is 6.54 Å². The van der Waals surface area contributed by atoms with E-state index in [1.165, 1.54) is 0 Å². The third-order valence-corrected chi connectivity index (χ3v) is 4.28. The molecule has 0 spiro atoms. The van der Waals surface area contributed by atoms with Crippen LogP contribution < -0.4 is 11.5 Å². The number of nitrogens with two attached hydrogens (primary N) is 2. The Kier molecular flexibility index (Phi) is 5.11. The number of nitriles is 1. The molecule has 7 nitrogen and oxygen atoms in total. The highest BCUT2D eigenvalue weighted by Crippen LogP contribution is 2.21. The minimum absolute atomic E-state index is 0.0351.